The van der Waals surface area contributed by atoms with Crippen molar-refractivity contribution in [1.29, 1.82) is 0 Å². The largest absolute Gasteiger partial charge is 0.266 e. The van der Waals surface area contributed by atoms with Crippen molar-refractivity contribution in [3.8, 4) is 0 Å². The predicted molar refractivity (Wildman–Crippen MR) is 285 cm³/mol. The van der Waals surface area contributed by atoms with E-state index >= 15 is 0 Å². The Morgan fingerprint density at radius 2 is 0.708 bits per heavy atom. The quantitative estimate of drug-likeness (QED) is 0.152. The summed E-state index contributed by atoms with van der Waals surface area (Å²) < 4.78 is 56.0. The molecule has 0 aromatic heterocycles. The summed E-state index contributed by atoms with van der Waals surface area (Å²) >= 11 is 0. The lowest BCUT2D eigenvalue weighted by Crippen LogP contribution is -2.35. The first-order valence-corrected chi connectivity index (χ1v) is 26.6. The van der Waals surface area contributed by atoms with Crippen LogP contribution >= 0.6 is 0 Å². The Hall–Kier alpha value is -5.18. The summed E-state index contributed by atoms with van der Waals surface area (Å²) in [5, 5.41) is 0. The van der Waals surface area contributed by atoms with Gasteiger partial charge in [0.1, 0.15) is 0 Å². The van der Waals surface area contributed by atoms with E-state index in [0.29, 0.717) is 22.9 Å². The second-order valence-corrected chi connectivity index (χ2v) is 17.0. The number of fused-ring (bicyclic) bond motifs is 2. The van der Waals surface area contributed by atoms with Crippen molar-refractivity contribution >= 4 is 31.4 Å². The Morgan fingerprint density at radius 1 is 0.369 bits per heavy atom. The highest BCUT2D eigenvalue weighted by atomic mass is 32.2. The van der Waals surface area contributed by atoms with Crippen LogP contribution in [-0.2, 0) is 45.7 Å². The number of rotatable bonds is 8. The van der Waals surface area contributed by atoms with E-state index in [9.17, 15) is 16.8 Å². The molecule has 8 rings (SSSR count). The molecule has 0 spiro atoms. The number of para-hydroxylation sites is 2. The highest BCUT2D eigenvalue weighted by Gasteiger charge is 2.30. The second-order valence-electron chi connectivity index (χ2n) is 13.2. The average Bonchev–Trinajstić information content (AvgIpc) is 3.38. The minimum Gasteiger partial charge on any atom is -0.266 e. The van der Waals surface area contributed by atoms with Crippen LogP contribution in [0.2, 0.25) is 0 Å². The van der Waals surface area contributed by atoms with Crippen molar-refractivity contribution in [2.45, 2.75) is 139 Å². The lowest BCUT2D eigenvalue weighted by Gasteiger charge is -2.30. The molecular weight excluding hydrogens is 841 g/mol. The lowest BCUT2D eigenvalue weighted by molar-refractivity contribution is 0.585. The molecule has 65 heavy (non-hydrogen) atoms. The molecule has 2 aliphatic heterocycles. The number of hydrogen-bond donors (Lipinski definition) is 0. The van der Waals surface area contributed by atoms with Gasteiger partial charge >= 0.3 is 0 Å². The molecule has 8 heteroatoms. The van der Waals surface area contributed by atoms with Crippen LogP contribution < -0.4 is 8.61 Å². The van der Waals surface area contributed by atoms with Gasteiger partial charge < -0.3 is 0 Å². The Kier molecular flexibility index (Phi) is 30.7. The van der Waals surface area contributed by atoms with Gasteiger partial charge in [0.25, 0.3) is 20.0 Å². The first-order valence-electron chi connectivity index (χ1n) is 23.8. The SMILES string of the molecule is C.CC.CC.CC.CC.CC.CC.O=S(=O)(c1ccc(Cc2ccccc2)cc1)N1CCCc2ccccc21.O=S(=O)(c1cccc(Cc2ccccc2)c1)N1CCCc2ccccc21. The molecule has 0 saturated heterocycles. The topological polar surface area (TPSA) is 74.8 Å². The molecular formula is C57H82N2O4S2. The molecule has 0 N–H and O–H groups in total. The molecule has 6 nitrogen and oxygen atoms in total. The van der Waals surface area contributed by atoms with Crippen LogP contribution in [0, 0.1) is 0 Å². The second kappa shape index (κ2) is 33.3. The average molecular weight is 923 g/mol. The molecule has 0 aliphatic carbocycles. The summed E-state index contributed by atoms with van der Waals surface area (Å²) in [5.41, 5.74) is 8.32. The Bertz CT molecular complexity index is 2350. The molecule has 6 aromatic rings. The van der Waals surface area contributed by atoms with Gasteiger partial charge in [0.15, 0.2) is 0 Å². The molecule has 0 radical (unpaired) electrons. The fourth-order valence-corrected chi connectivity index (χ4v) is 10.2. The predicted octanol–water partition coefficient (Wildman–Crippen LogP) is 15.6. The fraction of sp³-hybridized carbons (Fsp3) is 0.368. The highest BCUT2D eigenvalue weighted by molar-refractivity contribution is 7.93. The van der Waals surface area contributed by atoms with E-state index in [-0.39, 0.29) is 7.43 Å². The van der Waals surface area contributed by atoms with Crippen molar-refractivity contribution in [2.75, 3.05) is 21.7 Å². The first kappa shape index (κ1) is 59.8. The lowest BCUT2D eigenvalue weighted by atomic mass is 10.0. The van der Waals surface area contributed by atoms with E-state index in [4.69, 9.17) is 0 Å². The zero-order chi connectivity index (χ0) is 48.0. The van der Waals surface area contributed by atoms with E-state index < -0.39 is 20.0 Å². The normalized spacial score (nSPS) is 11.8. The van der Waals surface area contributed by atoms with Gasteiger partial charge in [-0.3, -0.25) is 8.61 Å². The van der Waals surface area contributed by atoms with Crippen LogP contribution in [0.25, 0.3) is 0 Å². The highest BCUT2D eigenvalue weighted by Crippen LogP contribution is 2.33. The van der Waals surface area contributed by atoms with E-state index in [1.165, 1.54) is 11.1 Å². The van der Waals surface area contributed by atoms with E-state index in [0.717, 1.165) is 72.2 Å². The molecule has 6 aromatic carbocycles. The summed E-state index contributed by atoms with van der Waals surface area (Å²) in [5.74, 6) is 0. The summed E-state index contributed by atoms with van der Waals surface area (Å²) in [4.78, 5) is 0.716. The van der Waals surface area contributed by atoms with Gasteiger partial charge in [-0.05, 0) is 108 Å². The summed E-state index contributed by atoms with van der Waals surface area (Å²) in [6, 6.07) is 50.4. The first-order chi connectivity index (χ1) is 31.3. The van der Waals surface area contributed by atoms with Crippen LogP contribution in [0.5, 0.6) is 0 Å². The third kappa shape index (κ3) is 17.3. The number of hydrogen-bond acceptors (Lipinski definition) is 4. The third-order valence-electron chi connectivity index (χ3n) is 9.64. The van der Waals surface area contributed by atoms with Gasteiger partial charge in [-0.2, -0.15) is 0 Å². The standard InChI is InChI=1S/2C22H21NO2S.6C2H6.CH4/c24-26(25,23-15-7-12-20-11-4-5-14-22(20)23)21-13-6-10-19(17-21)16-18-8-2-1-3-9-18;24-26(25,23-16-6-10-20-9-4-5-11-22(20)23)21-14-12-19(13-15-21)17-18-7-2-1-3-8-18;6*1-2;/h1-6,8-11,13-14,17H,7,12,15-16H2;1-5,7-9,11-15H,6,10,16-17H2;6*1-2H3;1H4. The maximum absolute atomic E-state index is 13.3. The summed E-state index contributed by atoms with van der Waals surface area (Å²) in [7, 11) is -7.09. The molecule has 0 amide bonds. The van der Waals surface area contributed by atoms with Crippen LogP contribution in [0.3, 0.4) is 0 Å². The van der Waals surface area contributed by atoms with Crippen molar-refractivity contribution in [3.63, 3.8) is 0 Å². The fourth-order valence-electron chi connectivity index (χ4n) is 7.01. The van der Waals surface area contributed by atoms with Crippen molar-refractivity contribution in [3.05, 3.63) is 191 Å². The Balaban J connectivity index is 0.00000101. The number of sulfonamides is 2. The Labute approximate surface area is 397 Å². The maximum Gasteiger partial charge on any atom is 0.264 e. The minimum atomic E-state index is -3.56. The molecule has 356 valence electrons. The molecule has 0 atom stereocenters. The van der Waals surface area contributed by atoms with Gasteiger partial charge in [0.2, 0.25) is 0 Å². The number of benzene rings is 6. The molecule has 2 heterocycles. The molecule has 0 unspecified atom stereocenters. The van der Waals surface area contributed by atoms with Crippen LogP contribution in [-0.4, -0.2) is 29.9 Å². The summed E-state index contributed by atoms with van der Waals surface area (Å²) in [6.07, 6.45) is 5.07. The zero-order valence-corrected chi connectivity index (χ0v) is 42.6. The van der Waals surface area contributed by atoms with Crippen molar-refractivity contribution in [2.24, 2.45) is 0 Å². The van der Waals surface area contributed by atoms with E-state index in [1.54, 1.807) is 32.9 Å². The minimum absolute atomic E-state index is 0. The maximum atomic E-state index is 13.3. The van der Waals surface area contributed by atoms with Crippen LogP contribution in [0.15, 0.2) is 168 Å². The number of aryl methyl sites for hydroxylation is 2. The van der Waals surface area contributed by atoms with Crippen molar-refractivity contribution < 1.29 is 16.8 Å². The molecule has 0 saturated carbocycles. The molecule has 0 fully saturated rings. The van der Waals surface area contributed by atoms with Gasteiger partial charge in [-0.25, -0.2) is 16.8 Å². The van der Waals surface area contributed by atoms with Crippen LogP contribution in [0.1, 0.15) is 137 Å². The van der Waals surface area contributed by atoms with Gasteiger partial charge in [0.05, 0.1) is 21.2 Å². The molecule has 2 aliphatic rings. The van der Waals surface area contributed by atoms with E-state index in [2.05, 4.69) is 24.3 Å². The summed E-state index contributed by atoms with van der Waals surface area (Å²) in [6.45, 7) is 25.1. The number of anilines is 2. The van der Waals surface area contributed by atoms with Crippen LogP contribution in [0.4, 0.5) is 11.4 Å². The van der Waals surface area contributed by atoms with Gasteiger partial charge in [0, 0.05) is 13.1 Å². The zero-order valence-electron chi connectivity index (χ0n) is 41.0. The van der Waals surface area contributed by atoms with Gasteiger partial charge in [-0.1, -0.05) is 212 Å². The Morgan fingerprint density at radius 3 is 1.14 bits per heavy atom. The molecule has 0 bridgehead atoms. The number of nitrogens with zero attached hydrogens (tertiary/aromatic N) is 2. The monoisotopic (exact) mass is 923 g/mol. The van der Waals surface area contributed by atoms with E-state index in [1.807, 2.05) is 192 Å². The third-order valence-corrected chi connectivity index (χ3v) is 13.3. The smallest absolute Gasteiger partial charge is 0.264 e. The van der Waals surface area contributed by atoms with Gasteiger partial charge in [-0.15, -0.1) is 0 Å². The van der Waals surface area contributed by atoms with Crippen molar-refractivity contribution in [1.82, 2.24) is 0 Å².